The summed E-state index contributed by atoms with van der Waals surface area (Å²) in [5.74, 6) is -1.47. The number of fused-ring (bicyclic) bond motifs is 3. The van der Waals surface area contributed by atoms with Crippen LogP contribution >= 0.6 is 0 Å². The Morgan fingerprint density at radius 2 is 1.56 bits per heavy atom. The van der Waals surface area contributed by atoms with Gasteiger partial charge in [-0.25, -0.2) is 4.79 Å². The van der Waals surface area contributed by atoms with Gasteiger partial charge in [-0.2, -0.15) is 0 Å². The van der Waals surface area contributed by atoms with Gasteiger partial charge in [0.2, 0.25) is 5.91 Å². The van der Waals surface area contributed by atoms with E-state index in [1.807, 2.05) is 38.1 Å². The molecule has 0 bridgehead atoms. The van der Waals surface area contributed by atoms with Gasteiger partial charge in [0.05, 0.1) is 12.3 Å². The van der Waals surface area contributed by atoms with Crippen LogP contribution in [-0.4, -0.2) is 42.8 Å². The van der Waals surface area contributed by atoms with Crippen molar-refractivity contribution in [1.29, 1.82) is 0 Å². The molecule has 7 heteroatoms. The number of nitrogens with one attached hydrogen (secondary N) is 2. The topological polar surface area (TPSA) is 105 Å². The lowest BCUT2D eigenvalue weighted by Gasteiger charge is -2.20. The van der Waals surface area contributed by atoms with Crippen LogP contribution in [0.25, 0.3) is 11.1 Å². The number of carbonyl (C=O) groups excluding carboxylic acids is 2. The van der Waals surface area contributed by atoms with Crippen molar-refractivity contribution >= 4 is 18.0 Å². The third-order valence-electron chi connectivity index (χ3n) is 5.60. The lowest BCUT2D eigenvalue weighted by molar-refractivity contribution is -0.137. The highest BCUT2D eigenvalue weighted by Gasteiger charge is 2.29. The van der Waals surface area contributed by atoms with Crippen LogP contribution in [0.5, 0.6) is 0 Å². The molecule has 1 aliphatic carbocycles. The van der Waals surface area contributed by atoms with Crippen molar-refractivity contribution in [2.24, 2.45) is 11.8 Å². The smallest absolute Gasteiger partial charge is 0.407 e. The summed E-state index contributed by atoms with van der Waals surface area (Å²) in [5.41, 5.74) is 4.59. The number of hydrogen-bond acceptors (Lipinski definition) is 4. The summed E-state index contributed by atoms with van der Waals surface area (Å²) in [4.78, 5) is 35.5. The average molecular weight is 439 g/mol. The average Bonchev–Trinajstić information content (AvgIpc) is 3.08. The van der Waals surface area contributed by atoms with Gasteiger partial charge < -0.3 is 20.5 Å². The van der Waals surface area contributed by atoms with Gasteiger partial charge in [0.25, 0.3) is 0 Å². The van der Waals surface area contributed by atoms with Crippen LogP contribution in [0.15, 0.2) is 48.5 Å². The molecule has 0 saturated heterocycles. The molecule has 170 valence electrons. The van der Waals surface area contributed by atoms with Crippen LogP contribution in [0.2, 0.25) is 0 Å². The van der Waals surface area contributed by atoms with Crippen molar-refractivity contribution in [1.82, 2.24) is 10.6 Å². The zero-order valence-electron chi connectivity index (χ0n) is 18.5. The van der Waals surface area contributed by atoms with Crippen molar-refractivity contribution in [2.45, 2.75) is 32.6 Å². The summed E-state index contributed by atoms with van der Waals surface area (Å²) in [7, 11) is 0. The molecular weight excluding hydrogens is 408 g/mol. The Balaban J connectivity index is 1.55. The molecule has 2 amide bonds. The number of alkyl carbamates (subject to hydrolysis) is 1. The van der Waals surface area contributed by atoms with Gasteiger partial charge in [0.15, 0.2) is 0 Å². The second-order valence-corrected chi connectivity index (χ2v) is 8.47. The van der Waals surface area contributed by atoms with E-state index < -0.39 is 18.0 Å². The van der Waals surface area contributed by atoms with E-state index in [9.17, 15) is 14.4 Å². The predicted molar refractivity (Wildman–Crippen MR) is 121 cm³/mol. The zero-order valence-corrected chi connectivity index (χ0v) is 18.5. The Kier molecular flexibility index (Phi) is 7.87. The highest BCUT2D eigenvalue weighted by molar-refractivity contribution is 5.81. The van der Waals surface area contributed by atoms with Gasteiger partial charge in [-0.15, -0.1) is 0 Å². The first kappa shape index (κ1) is 23.3. The lowest BCUT2D eigenvalue weighted by atomic mass is 9.96. The Hall–Kier alpha value is -3.35. The maximum Gasteiger partial charge on any atom is 0.407 e. The minimum Gasteiger partial charge on any atom is -0.481 e. The van der Waals surface area contributed by atoms with Crippen LogP contribution < -0.4 is 10.6 Å². The van der Waals surface area contributed by atoms with Crippen molar-refractivity contribution in [3.63, 3.8) is 0 Å². The number of ether oxygens (including phenoxy) is 1. The van der Waals surface area contributed by atoms with Crippen molar-refractivity contribution < 1.29 is 24.2 Å². The zero-order chi connectivity index (χ0) is 23.1. The summed E-state index contributed by atoms with van der Waals surface area (Å²) in [6.45, 7) is 4.39. The van der Waals surface area contributed by atoms with Gasteiger partial charge >= 0.3 is 12.1 Å². The van der Waals surface area contributed by atoms with Gasteiger partial charge in [0, 0.05) is 19.0 Å². The van der Waals surface area contributed by atoms with Crippen molar-refractivity contribution in [2.75, 3.05) is 19.7 Å². The number of aliphatic carboxylic acids is 1. The van der Waals surface area contributed by atoms with Gasteiger partial charge in [0.1, 0.15) is 6.61 Å². The minimum absolute atomic E-state index is 0.0288. The molecule has 2 aromatic rings. The summed E-state index contributed by atoms with van der Waals surface area (Å²) in [6.07, 6.45) is -0.137. The van der Waals surface area contributed by atoms with E-state index in [0.29, 0.717) is 6.42 Å². The fourth-order valence-corrected chi connectivity index (χ4v) is 4.15. The first-order valence-corrected chi connectivity index (χ1v) is 10.9. The summed E-state index contributed by atoms with van der Waals surface area (Å²) in [5, 5.41) is 14.1. The number of rotatable bonds is 10. The number of hydrogen-bond donors (Lipinski definition) is 3. The Bertz CT molecular complexity index is 927. The fourth-order valence-electron chi connectivity index (χ4n) is 4.15. The third-order valence-corrected chi connectivity index (χ3v) is 5.60. The highest BCUT2D eigenvalue weighted by atomic mass is 16.5. The molecule has 0 saturated carbocycles. The van der Waals surface area contributed by atoms with Gasteiger partial charge in [-0.1, -0.05) is 62.4 Å². The molecule has 1 atom stereocenters. The van der Waals surface area contributed by atoms with E-state index in [1.165, 1.54) is 0 Å². The maximum atomic E-state index is 12.4. The van der Waals surface area contributed by atoms with Gasteiger partial charge in [-0.05, 0) is 34.6 Å². The lowest BCUT2D eigenvalue weighted by Crippen LogP contribution is -2.40. The third kappa shape index (κ3) is 5.87. The molecule has 0 spiro atoms. The van der Waals surface area contributed by atoms with E-state index in [0.717, 1.165) is 22.3 Å². The Morgan fingerprint density at radius 3 is 2.12 bits per heavy atom. The molecule has 0 fully saturated rings. The number of carbonyl (C=O) groups is 3. The molecule has 1 unspecified atom stereocenters. The van der Waals surface area contributed by atoms with Crippen LogP contribution in [0.4, 0.5) is 4.79 Å². The molecule has 0 heterocycles. The molecule has 3 rings (SSSR count). The molecule has 32 heavy (non-hydrogen) atoms. The first-order valence-electron chi connectivity index (χ1n) is 10.9. The molecule has 2 aromatic carbocycles. The van der Waals surface area contributed by atoms with E-state index in [2.05, 4.69) is 34.9 Å². The number of carboxylic acids is 1. The molecule has 3 N–H and O–H groups in total. The highest BCUT2D eigenvalue weighted by Crippen LogP contribution is 2.44. The van der Waals surface area contributed by atoms with Crippen LogP contribution in [0.1, 0.15) is 43.7 Å². The van der Waals surface area contributed by atoms with E-state index in [4.69, 9.17) is 9.84 Å². The molecule has 1 aliphatic rings. The number of amides is 2. The monoisotopic (exact) mass is 438 g/mol. The molecule has 0 aromatic heterocycles. The second kappa shape index (κ2) is 10.8. The fraction of sp³-hybridized carbons (Fsp3) is 0.400. The van der Waals surface area contributed by atoms with E-state index in [1.54, 1.807) is 0 Å². The minimum atomic E-state index is -0.970. The second-order valence-electron chi connectivity index (χ2n) is 8.47. The first-order chi connectivity index (χ1) is 15.4. The maximum absolute atomic E-state index is 12.4. The number of carboxylic acid groups (broad SMARTS) is 1. The molecule has 0 aliphatic heterocycles. The number of benzene rings is 2. The van der Waals surface area contributed by atoms with Crippen LogP contribution in [0.3, 0.4) is 0 Å². The molecule has 7 nitrogen and oxygen atoms in total. The summed E-state index contributed by atoms with van der Waals surface area (Å²) >= 11 is 0. The van der Waals surface area contributed by atoms with Crippen LogP contribution in [-0.2, 0) is 14.3 Å². The SMILES string of the molecule is CC(C)CC(CNC(=O)OCC1c2ccccc2-c2ccccc21)C(=O)NCCC(=O)O. The van der Waals surface area contributed by atoms with Crippen LogP contribution in [0, 0.1) is 11.8 Å². The normalized spacial score (nSPS) is 13.2. The van der Waals surface area contributed by atoms with E-state index >= 15 is 0 Å². The Morgan fingerprint density at radius 1 is 0.969 bits per heavy atom. The predicted octanol–water partition coefficient (Wildman–Crippen LogP) is 3.78. The summed E-state index contributed by atoms with van der Waals surface area (Å²) in [6, 6.07) is 16.2. The van der Waals surface area contributed by atoms with Crippen molar-refractivity contribution in [3.05, 3.63) is 59.7 Å². The largest absolute Gasteiger partial charge is 0.481 e. The molecular formula is C25H30N2O5. The van der Waals surface area contributed by atoms with E-state index in [-0.39, 0.29) is 43.9 Å². The quantitative estimate of drug-likeness (QED) is 0.524. The van der Waals surface area contributed by atoms with Crippen molar-refractivity contribution in [3.8, 4) is 11.1 Å². The standard InChI is InChI=1S/C25H30N2O5/c1-16(2)13-17(24(30)26-12-11-23(28)29)14-27-25(31)32-15-22-20-9-5-3-7-18(20)19-8-4-6-10-21(19)22/h3-10,16-17,22H,11-15H2,1-2H3,(H,26,30)(H,27,31)(H,28,29). The van der Waals surface area contributed by atoms with Gasteiger partial charge in [-0.3, -0.25) is 9.59 Å². The summed E-state index contributed by atoms with van der Waals surface area (Å²) < 4.78 is 5.53. The molecule has 0 radical (unpaired) electrons. The Labute approximate surface area is 188 Å².